The number of benzene rings is 1. The van der Waals surface area contributed by atoms with E-state index in [1.54, 1.807) is 12.1 Å². The van der Waals surface area contributed by atoms with Gasteiger partial charge in [-0.05, 0) is 36.2 Å². The van der Waals surface area contributed by atoms with E-state index >= 15 is 0 Å². The first-order chi connectivity index (χ1) is 8.99. The molecule has 1 aromatic heterocycles. The van der Waals surface area contributed by atoms with Crippen molar-refractivity contribution in [2.24, 2.45) is 0 Å². The van der Waals surface area contributed by atoms with Crippen LogP contribution in [-0.4, -0.2) is 10.3 Å². The molecule has 0 spiro atoms. The summed E-state index contributed by atoms with van der Waals surface area (Å²) in [7, 11) is 0. The van der Waals surface area contributed by atoms with E-state index in [9.17, 15) is 4.79 Å². The van der Waals surface area contributed by atoms with E-state index in [2.05, 4.69) is 9.69 Å². The van der Waals surface area contributed by atoms with Crippen LogP contribution >= 0.6 is 46.3 Å². The Kier molecular flexibility index (Phi) is 4.68. The maximum Gasteiger partial charge on any atom is 0.265 e. The van der Waals surface area contributed by atoms with Gasteiger partial charge in [0.1, 0.15) is 9.90 Å². The van der Waals surface area contributed by atoms with Gasteiger partial charge in [-0.1, -0.05) is 46.9 Å². The first-order valence-corrected chi connectivity index (χ1v) is 7.26. The lowest BCUT2D eigenvalue weighted by atomic mass is 10.1. The van der Waals surface area contributed by atoms with Crippen LogP contribution in [-0.2, 0) is 0 Å². The Bertz CT molecular complexity index is 598. The minimum atomic E-state index is -0.295. The van der Waals surface area contributed by atoms with Gasteiger partial charge in [-0.15, -0.1) is 0 Å². The first kappa shape index (κ1) is 14.6. The van der Waals surface area contributed by atoms with Gasteiger partial charge in [-0.3, -0.25) is 4.79 Å². The van der Waals surface area contributed by atoms with Crippen LogP contribution in [0.1, 0.15) is 28.2 Å². The number of nitrogens with zero attached hydrogens (tertiary/aromatic N) is 1. The highest BCUT2D eigenvalue weighted by Crippen LogP contribution is 2.29. The van der Waals surface area contributed by atoms with Crippen LogP contribution in [0.4, 0.5) is 0 Å². The van der Waals surface area contributed by atoms with E-state index in [1.165, 1.54) is 0 Å². The Balaban J connectivity index is 2.10. The van der Waals surface area contributed by atoms with E-state index in [-0.39, 0.29) is 22.1 Å². The fourth-order valence-electron chi connectivity index (χ4n) is 1.50. The summed E-state index contributed by atoms with van der Waals surface area (Å²) in [5.74, 6) is -0.295. The summed E-state index contributed by atoms with van der Waals surface area (Å²) in [6, 6.07) is 7.09. The molecule has 0 aliphatic carbocycles. The van der Waals surface area contributed by atoms with Crippen molar-refractivity contribution in [1.29, 1.82) is 0 Å². The molecule has 0 bridgehead atoms. The Morgan fingerprint density at radius 3 is 2.42 bits per heavy atom. The largest absolute Gasteiger partial charge is 0.345 e. The highest BCUT2D eigenvalue weighted by Gasteiger charge is 2.19. The molecule has 0 saturated carbocycles. The Morgan fingerprint density at radius 2 is 1.89 bits per heavy atom. The summed E-state index contributed by atoms with van der Waals surface area (Å²) < 4.78 is 3.83. The molecule has 1 unspecified atom stereocenters. The highest BCUT2D eigenvalue weighted by molar-refractivity contribution is 7.09. The van der Waals surface area contributed by atoms with Crippen LogP contribution in [0.15, 0.2) is 24.3 Å². The van der Waals surface area contributed by atoms with Gasteiger partial charge in [0.05, 0.1) is 6.04 Å². The normalized spacial score (nSPS) is 12.2. The molecule has 19 heavy (non-hydrogen) atoms. The van der Waals surface area contributed by atoms with Crippen LogP contribution < -0.4 is 5.32 Å². The third kappa shape index (κ3) is 3.39. The molecular formula is C12H9Cl3N2OS. The maximum atomic E-state index is 12.0. The predicted octanol–water partition coefficient (Wildman–Crippen LogP) is 4.59. The molecule has 0 fully saturated rings. The molecule has 2 rings (SSSR count). The van der Waals surface area contributed by atoms with Gasteiger partial charge in [0.25, 0.3) is 5.91 Å². The lowest BCUT2D eigenvalue weighted by Crippen LogP contribution is -2.26. The van der Waals surface area contributed by atoms with Gasteiger partial charge in [0, 0.05) is 5.02 Å². The summed E-state index contributed by atoms with van der Waals surface area (Å²) in [6.45, 7) is 1.87. The molecule has 0 aliphatic rings. The number of amides is 1. The van der Waals surface area contributed by atoms with Gasteiger partial charge in [-0.25, -0.2) is 0 Å². The third-order valence-corrected chi connectivity index (χ3v) is 4.57. The summed E-state index contributed by atoms with van der Waals surface area (Å²) in [4.78, 5) is 12.3. The number of halogens is 3. The predicted molar refractivity (Wildman–Crippen MR) is 79.5 cm³/mol. The van der Waals surface area contributed by atoms with Crippen LogP contribution in [0, 0.1) is 0 Å². The molecule has 1 heterocycles. The van der Waals surface area contributed by atoms with E-state index in [4.69, 9.17) is 34.8 Å². The first-order valence-electron chi connectivity index (χ1n) is 5.36. The van der Waals surface area contributed by atoms with Crippen molar-refractivity contribution in [1.82, 2.24) is 9.69 Å². The average molecular weight is 336 g/mol. The minimum absolute atomic E-state index is 0.149. The fraction of sp³-hybridized carbons (Fsp3) is 0.167. The molecule has 1 aromatic carbocycles. The summed E-state index contributed by atoms with van der Waals surface area (Å²) in [5.41, 5.74) is 0.949. The summed E-state index contributed by atoms with van der Waals surface area (Å²) >= 11 is 18.4. The van der Waals surface area contributed by atoms with Gasteiger partial charge >= 0.3 is 0 Å². The van der Waals surface area contributed by atoms with Gasteiger partial charge in [-0.2, -0.15) is 4.37 Å². The van der Waals surface area contributed by atoms with Crippen LogP contribution in [0.3, 0.4) is 0 Å². The molecule has 1 amide bonds. The Hall–Kier alpha value is -0.810. The number of rotatable bonds is 3. The molecule has 3 nitrogen and oxygen atoms in total. The van der Waals surface area contributed by atoms with E-state index in [0.29, 0.717) is 9.90 Å². The molecule has 1 atom stereocenters. The minimum Gasteiger partial charge on any atom is -0.345 e. The molecule has 2 aromatic rings. The average Bonchev–Trinajstić information content (AvgIpc) is 2.70. The second kappa shape index (κ2) is 6.09. The lowest BCUT2D eigenvalue weighted by Gasteiger charge is -2.13. The van der Waals surface area contributed by atoms with Gasteiger partial charge in [0.2, 0.25) is 0 Å². The number of aromatic nitrogens is 1. The van der Waals surface area contributed by atoms with Crippen LogP contribution in [0.2, 0.25) is 15.2 Å². The third-order valence-electron chi connectivity index (χ3n) is 2.52. The number of hydrogen-bond donors (Lipinski definition) is 1. The fourth-order valence-corrected chi connectivity index (χ4v) is 2.74. The van der Waals surface area contributed by atoms with E-state index in [0.717, 1.165) is 17.1 Å². The van der Waals surface area contributed by atoms with E-state index in [1.807, 2.05) is 19.1 Å². The molecular weight excluding hydrogens is 327 g/mol. The van der Waals surface area contributed by atoms with Crippen molar-refractivity contribution < 1.29 is 4.79 Å². The van der Waals surface area contributed by atoms with Crippen molar-refractivity contribution >= 4 is 52.2 Å². The number of carbonyl (C=O) groups excluding carboxylic acids is 1. The summed E-state index contributed by atoms with van der Waals surface area (Å²) in [5, 5.41) is 3.82. The molecule has 0 radical (unpaired) electrons. The second-order valence-electron chi connectivity index (χ2n) is 3.86. The lowest BCUT2D eigenvalue weighted by molar-refractivity contribution is 0.0944. The zero-order valence-corrected chi connectivity index (χ0v) is 12.9. The number of hydrogen-bond acceptors (Lipinski definition) is 3. The molecule has 1 N–H and O–H groups in total. The van der Waals surface area contributed by atoms with E-state index < -0.39 is 0 Å². The van der Waals surface area contributed by atoms with Crippen LogP contribution in [0.25, 0.3) is 0 Å². The Labute approximate surface area is 129 Å². The van der Waals surface area contributed by atoms with Crippen molar-refractivity contribution in [2.45, 2.75) is 13.0 Å². The second-order valence-corrected chi connectivity index (χ2v) is 5.81. The maximum absolute atomic E-state index is 12.0. The van der Waals surface area contributed by atoms with Crippen LogP contribution in [0.5, 0.6) is 0 Å². The van der Waals surface area contributed by atoms with Gasteiger partial charge in [0.15, 0.2) is 5.15 Å². The van der Waals surface area contributed by atoms with Crippen molar-refractivity contribution in [2.75, 3.05) is 0 Å². The summed E-state index contributed by atoms with van der Waals surface area (Å²) in [6.07, 6.45) is 0. The topological polar surface area (TPSA) is 42.0 Å². The number of carbonyl (C=O) groups is 1. The standard InChI is InChI=1S/C12H9Cl3N2OS/c1-6(7-2-4-8(13)5-3-7)16-12(18)10-9(14)11(15)17-19-10/h2-6H,1H3,(H,16,18). The molecule has 0 aliphatic heterocycles. The zero-order valence-electron chi connectivity index (χ0n) is 9.78. The number of nitrogens with one attached hydrogen (secondary N) is 1. The Morgan fingerprint density at radius 1 is 1.26 bits per heavy atom. The zero-order chi connectivity index (χ0) is 14.0. The quantitative estimate of drug-likeness (QED) is 0.891. The SMILES string of the molecule is CC(NC(=O)c1snc(Cl)c1Cl)c1ccc(Cl)cc1. The van der Waals surface area contributed by atoms with Crippen molar-refractivity contribution in [3.63, 3.8) is 0 Å². The molecule has 100 valence electrons. The van der Waals surface area contributed by atoms with Crippen molar-refractivity contribution in [3.05, 3.63) is 49.9 Å². The highest BCUT2D eigenvalue weighted by atomic mass is 35.5. The molecule has 0 saturated heterocycles. The van der Waals surface area contributed by atoms with Gasteiger partial charge < -0.3 is 5.32 Å². The monoisotopic (exact) mass is 334 g/mol. The molecule has 7 heteroatoms. The smallest absolute Gasteiger partial charge is 0.265 e. The van der Waals surface area contributed by atoms with Crippen molar-refractivity contribution in [3.8, 4) is 0 Å².